The van der Waals surface area contributed by atoms with Crippen molar-refractivity contribution in [2.24, 2.45) is 5.92 Å². The number of aromatic amines is 2. The topological polar surface area (TPSA) is 98.0 Å². The van der Waals surface area contributed by atoms with Gasteiger partial charge in [-0.15, -0.1) is 0 Å². The van der Waals surface area contributed by atoms with Crippen molar-refractivity contribution in [1.29, 1.82) is 0 Å². The van der Waals surface area contributed by atoms with Crippen molar-refractivity contribution in [2.45, 2.75) is 31.7 Å². The van der Waals surface area contributed by atoms with Crippen LogP contribution in [0.4, 0.5) is 5.69 Å². The van der Waals surface area contributed by atoms with Gasteiger partial charge < -0.3 is 20.4 Å². The lowest BCUT2D eigenvalue weighted by Crippen LogP contribution is -2.31. The summed E-state index contributed by atoms with van der Waals surface area (Å²) in [6.45, 7) is 0. The number of benzene rings is 1. The Morgan fingerprint density at radius 1 is 1.29 bits per heavy atom. The summed E-state index contributed by atoms with van der Waals surface area (Å²) in [4.78, 5) is 27.9. The quantitative estimate of drug-likeness (QED) is 0.681. The highest BCUT2D eigenvalue weighted by Crippen LogP contribution is 2.31. The van der Waals surface area contributed by atoms with E-state index in [0.29, 0.717) is 6.42 Å². The second-order valence-corrected chi connectivity index (χ2v) is 6.35. The molecule has 0 saturated heterocycles. The molecule has 6 nitrogen and oxygen atoms in total. The number of anilines is 1. The maximum absolute atomic E-state index is 11.3. The number of carbonyl (C=O) groups is 1. The lowest BCUT2D eigenvalue weighted by molar-refractivity contribution is -0.142. The van der Waals surface area contributed by atoms with Crippen LogP contribution in [0.1, 0.15) is 25.7 Å². The molecule has 3 rings (SSSR count). The molecule has 1 heterocycles. The highest BCUT2D eigenvalue weighted by atomic mass is 79.9. The number of hydrogen-bond acceptors (Lipinski definition) is 3. The predicted octanol–water partition coefficient (Wildman–Crippen LogP) is 2.67. The highest BCUT2D eigenvalue weighted by molar-refractivity contribution is 9.10. The Kier molecular flexibility index (Phi) is 3.75. The zero-order chi connectivity index (χ0) is 15.0. The molecule has 2 aromatic rings. The number of aromatic nitrogens is 2. The van der Waals surface area contributed by atoms with Gasteiger partial charge in [0.2, 0.25) is 0 Å². The Labute approximate surface area is 129 Å². The van der Waals surface area contributed by atoms with Gasteiger partial charge >= 0.3 is 11.7 Å². The van der Waals surface area contributed by atoms with E-state index in [0.717, 1.165) is 40.5 Å². The normalized spacial score (nSPS) is 22.3. The molecular weight excluding hydrogens is 338 g/mol. The first-order chi connectivity index (χ1) is 10.0. The van der Waals surface area contributed by atoms with Crippen molar-refractivity contribution in [1.82, 2.24) is 9.97 Å². The van der Waals surface area contributed by atoms with Crippen molar-refractivity contribution in [3.8, 4) is 0 Å². The summed E-state index contributed by atoms with van der Waals surface area (Å²) >= 11 is 3.48. The van der Waals surface area contributed by atoms with E-state index < -0.39 is 5.97 Å². The van der Waals surface area contributed by atoms with Crippen LogP contribution in [0.3, 0.4) is 0 Å². The molecule has 2 atom stereocenters. The third-order valence-corrected chi connectivity index (χ3v) is 4.64. The van der Waals surface area contributed by atoms with Crippen LogP contribution in [0.2, 0.25) is 0 Å². The van der Waals surface area contributed by atoms with Crippen molar-refractivity contribution in [2.75, 3.05) is 5.32 Å². The Morgan fingerprint density at radius 2 is 2.00 bits per heavy atom. The van der Waals surface area contributed by atoms with Crippen LogP contribution in [0, 0.1) is 5.92 Å². The Morgan fingerprint density at radius 3 is 2.71 bits per heavy atom. The van der Waals surface area contributed by atoms with Gasteiger partial charge in [0.05, 0.1) is 22.6 Å². The minimum absolute atomic E-state index is 0.138. The molecule has 1 aromatic carbocycles. The number of nitrogens with one attached hydrogen (secondary N) is 3. The summed E-state index contributed by atoms with van der Waals surface area (Å²) in [5.74, 6) is -0.989. The lowest BCUT2D eigenvalue weighted by atomic mass is 9.85. The minimum atomic E-state index is -0.717. The molecule has 1 fully saturated rings. The highest BCUT2D eigenvalue weighted by Gasteiger charge is 2.27. The van der Waals surface area contributed by atoms with Gasteiger partial charge in [0.25, 0.3) is 0 Å². The molecule has 2 unspecified atom stereocenters. The van der Waals surface area contributed by atoms with Crippen molar-refractivity contribution in [3.05, 3.63) is 27.1 Å². The summed E-state index contributed by atoms with van der Waals surface area (Å²) in [5.41, 5.74) is 2.10. The first kappa shape index (κ1) is 14.2. The van der Waals surface area contributed by atoms with E-state index in [1.54, 1.807) is 0 Å². The number of fused-ring (bicyclic) bond motifs is 1. The SMILES string of the molecule is O=C(O)C1CCCC(Nc2cc3[nH]c(=O)[nH]c3cc2Br)C1. The average Bonchev–Trinajstić information content (AvgIpc) is 2.78. The molecule has 1 aliphatic rings. The smallest absolute Gasteiger partial charge is 0.323 e. The van der Waals surface area contributed by atoms with Crippen molar-refractivity contribution in [3.63, 3.8) is 0 Å². The number of carboxylic acids is 1. The second kappa shape index (κ2) is 5.55. The standard InChI is InChI=1S/C14H16BrN3O3/c15-9-5-11-12(18-14(21)17-11)6-10(9)16-8-3-1-2-7(4-8)13(19)20/h5-8,16H,1-4H2,(H,19,20)(H2,17,18,21). The Bertz CT molecular complexity index is 737. The number of rotatable bonds is 3. The molecule has 1 aliphatic carbocycles. The fraction of sp³-hybridized carbons (Fsp3) is 0.429. The van der Waals surface area contributed by atoms with Crippen LogP contribution in [-0.4, -0.2) is 27.1 Å². The molecule has 1 aromatic heterocycles. The molecule has 0 radical (unpaired) electrons. The van der Waals surface area contributed by atoms with E-state index in [4.69, 9.17) is 5.11 Å². The van der Waals surface area contributed by atoms with Gasteiger partial charge in [-0.2, -0.15) is 0 Å². The third kappa shape index (κ3) is 2.97. The van der Waals surface area contributed by atoms with E-state index in [9.17, 15) is 9.59 Å². The van der Waals surface area contributed by atoms with E-state index in [2.05, 4.69) is 31.2 Å². The largest absolute Gasteiger partial charge is 0.481 e. The van der Waals surface area contributed by atoms with Crippen LogP contribution in [0.15, 0.2) is 21.4 Å². The fourth-order valence-electron chi connectivity index (χ4n) is 2.93. The fourth-order valence-corrected chi connectivity index (χ4v) is 3.39. The lowest BCUT2D eigenvalue weighted by Gasteiger charge is -2.28. The molecule has 4 N–H and O–H groups in total. The molecular formula is C14H16BrN3O3. The summed E-state index contributed by atoms with van der Waals surface area (Å²) in [6.07, 6.45) is 3.25. The van der Waals surface area contributed by atoms with Crippen LogP contribution in [0.25, 0.3) is 11.0 Å². The Hall–Kier alpha value is -1.76. The molecule has 0 amide bonds. The maximum atomic E-state index is 11.3. The van der Waals surface area contributed by atoms with Gasteiger partial charge in [0.15, 0.2) is 0 Å². The molecule has 7 heteroatoms. The Balaban J connectivity index is 1.82. The van der Waals surface area contributed by atoms with E-state index in [-0.39, 0.29) is 17.6 Å². The summed E-state index contributed by atoms with van der Waals surface area (Å²) < 4.78 is 0.850. The van der Waals surface area contributed by atoms with E-state index >= 15 is 0 Å². The van der Waals surface area contributed by atoms with E-state index in [1.165, 1.54) is 0 Å². The van der Waals surface area contributed by atoms with Gasteiger partial charge in [-0.1, -0.05) is 6.42 Å². The molecule has 21 heavy (non-hydrogen) atoms. The minimum Gasteiger partial charge on any atom is -0.481 e. The van der Waals surface area contributed by atoms with E-state index in [1.807, 2.05) is 12.1 Å². The van der Waals surface area contributed by atoms with Crippen LogP contribution in [0.5, 0.6) is 0 Å². The van der Waals surface area contributed by atoms with Crippen LogP contribution in [-0.2, 0) is 4.79 Å². The second-order valence-electron chi connectivity index (χ2n) is 5.50. The first-order valence-electron chi connectivity index (χ1n) is 6.94. The zero-order valence-electron chi connectivity index (χ0n) is 11.3. The maximum Gasteiger partial charge on any atom is 0.323 e. The number of hydrogen-bond donors (Lipinski definition) is 4. The van der Waals surface area contributed by atoms with Crippen molar-refractivity contribution >= 4 is 38.6 Å². The van der Waals surface area contributed by atoms with Crippen LogP contribution < -0.4 is 11.0 Å². The molecule has 0 spiro atoms. The van der Waals surface area contributed by atoms with Gasteiger partial charge in [-0.05, 0) is 47.3 Å². The summed E-state index contributed by atoms with van der Waals surface area (Å²) in [7, 11) is 0. The van der Waals surface area contributed by atoms with Crippen molar-refractivity contribution < 1.29 is 9.90 Å². The number of halogens is 1. The monoisotopic (exact) mass is 353 g/mol. The summed E-state index contributed by atoms with van der Waals surface area (Å²) in [5, 5.41) is 12.5. The molecule has 112 valence electrons. The number of aliphatic carboxylic acids is 1. The van der Waals surface area contributed by atoms with Gasteiger partial charge in [0.1, 0.15) is 0 Å². The summed E-state index contributed by atoms with van der Waals surface area (Å²) in [6, 6.07) is 3.84. The molecule has 0 bridgehead atoms. The zero-order valence-corrected chi connectivity index (χ0v) is 12.9. The average molecular weight is 354 g/mol. The molecule has 1 saturated carbocycles. The van der Waals surface area contributed by atoms with Gasteiger partial charge in [0, 0.05) is 10.5 Å². The molecule has 0 aliphatic heterocycles. The number of imidazole rings is 1. The number of carboxylic acid groups (broad SMARTS) is 1. The van der Waals surface area contributed by atoms with Crippen LogP contribution >= 0.6 is 15.9 Å². The third-order valence-electron chi connectivity index (χ3n) is 3.99. The van der Waals surface area contributed by atoms with Gasteiger partial charge in [-0.3, -0.25) is 4.79 Å². The number of H-pyrrole nitrogens is 2. The van der Waals surface area contributed by atoms with Gasteiger partial charge in [-0.25, -0.2) is 4.79 Å². The predicted molar refractivity (Wildman–Crippen MR) is 83.6 cm³/mol. The first-order valence-corrected chi connectivity index (χ1v) is 7.73.